The van der Waals surface area contributed by atoms with Crippen molar-refractivity contribution in [2.75, 3.05) is 32.7 Å². The quantitative estimate of drug-likeness (QED) is 0.411. The minimum atomic E-state index is 0.597. The molecule has 1 saturated carbocycles. The maximum absolute atomic E-state index is 4.74. The van der Waals surface area contributed by atoms with E-state index in [4.69, 9.17) is 4.99 Å². The van der Waals surface area contributed by atoms with Gasteiger partial charge in [0.2, 0.25) is 0 Å². The predicted molar refractivity (Wildman–Crippen MR) is 90.8 cm³/mol. The summed E-state index contributed by atoms with van der Waals surface area (Å²) in [6, 6.07) is 0.597. The van der Waals surface area contributed by atoms with Gasteiger partial charge in [-0.05, 0) is 51.5 Å². The van der Waals surface area contributed by atoms with E-state index in [2.05, 4.69) is 29.4 Å². The molecule has 0 spiro atoms. The molecule has 21 heavy (non-hydrogen) atoms. The SMILES string of the molecule is CCCN1CCC(NC(=NCCCC2CC2)NCC)CC1. The van der Waals surface area contributed by atoms with E-state index in [1.165, 1.54) is 64.6 Å². The molecule has 4 nitrogen and oxygen atoms in total. The lowest BCUT2D eigenvalue weighted by molar-refractivity contribution is 0.206. The van der Waals surface area contributed by atoms with Crippen LogP contribution in [0.1, 0.15) is 58.8 Å². The van der Waals surface area contributed by atoms with Crippen molar-refractivity contribution >= 4 is 5.96 Å². The molecule has 0 unspecified atom stereocenters. The van der Waals surface area contributed by atoms with E-state index in [0.717, 1.165) is 25.0 Å². The van der Waals surface area contributed by atoms with Gasteiger partial charge in [0.1, 0.15) is 0 Å². The van der Waals surface area contributed by atoms with Crippen LogP contribution in [-0.2, 0) is 0 Å². The summed E-state index contributed by atoms with van der Waals surface area (Å²) in [7, 11) is 0. The van der Waals surface area contributed by atoms with Gasteiger partial charge in [0, 0.05) is 32.2 Å². The summed E-state index contributed by atoms with van der Waals surface area (Å²) in [4.78, 5) is 7.32. The Morgan fingerprint density at radius 2 is 1.90 bits per heavy atom. The first-order valence-corrected chi connectivity index (χ1v) is 9.09. The third-order valence-electron chi connectivity index (χ3n) is 4.55. The highest BCUT2D eigenvalue weighted by Gasteiger charge is 2.20. The molecule has 1 aliphatic heterocycles. The summed E-state index contributed by atoms with van der Waals surface area (Å²) in [5.74, 6) is 2.06. The molecular formula is C17H34N4. The Bertz CT molecular complexity index is 304. The Balaban J connectivity index is 1.67. The topological polar surface area (TPSA) is 39.7 Å². The second-order valence-corrected chi connectivity index (χ2v) is 6.61. The number of aliphatic imine (C=N–C) groups is 1. The Kier molecular flexibility index (Phi) is 7.34. The molecule has 1 heterocycles. The van der Waals surface area contributed by atoms with Gasteiger partial charge in [-0.15, -0.1) is 0 Å². The van der Waals surface area contributed by atoms with Gasteiger partial charge in [0.05, 0.1) is 0 Å². The number of guanidine groups is 1. The van der Waals surface area contributed by atoms with Crippen LogP contribution >= 0.6 is 0 Å². The molecule has 0 aromatic heterocycles. The van der Waals surface area contributed by atoms with Crippen LogP contribution in [0, 0.1) is 5.92 Å². The molecule has 122 valence electrons. The number of rotatable bonds is 8. The largest absolute Gasteiger partial charge is 0.357 e. The summed E-state index contributed by atoms with van der Waals surface area (Å²) in [6.45, 7) is 10.0. The molecule has 0 aromatic rings. The Hall–Kier alpha value is -0.770. The molecule has 2 fully saturated rings. The second kappa shape index (κ2) is 9.29. The van der Waals surface area contributed by atoms with Crippen LogP contribution in [0.2, 0.25) is 0 Å². The number of nitrogens with zero attached hydrogens (tertiary/aromatic N) is 2. The molecular weight excluding hydrogens is 260 g/mol. The fraction of sp³-hybridized carbons (Fsp3) is 0.941. The van der Waals surface area contributed by atoms with Crippen molar-refractivity contribution in [3.8, 4) is 0 Å². The van der Waals surface area contributed by atoms with E-state index in [0.29, 0.717) is 6.04 Å². The van der Waals surface area contributed by atoms with E-state index in [-0.39, 0.29) is 0 Å². The van der Waals surface area contributed by atoms with Gasteiger partial charge in [0.25, 0.3) is 0 Å². The third-order valence-corrected chi connectivity index (χ3v) is 4.55. The molecule has 0 amide bonds. The van der Waals surface area contributed by atoms with Crippen LogP contribution < -0.4 is 10.6 Å². The zero-order valence-electron chi connectivity index (χ0n) is 14.0. The highest BCUT2D eigenvalue weighted by atomic mass is 15.2. The van der Waals surface area contributed by atoms with Gasteiger partial charge in [-0.2, -0.15) is 0 Å². The Labute approximate surface area is 130 Å². The summed E-state index contributed by atoms with van der Waals surface area (Å²) in [6.07, 6.45) is 9.29. The summed E-state index contributed by atoms with van der Waals surface area (Å²) < 4.78 is 0. The zero-order chi connectivity index (χ0) is 14.9. The van der Waals surface area contributed by atoms with E-state index in [9.17, 15) is 0 Å². The van der Waals surface area contributed by atoms with Crippen molar-refractivity contribution in [2.45, 2.75) is 64.8 Å². The smallest absolute Gasteiger partial charge is 0.191 e. The van der Waals surface area contributed by atoms with Crippen LogP contribution in [-0.4, -0.2) is 49.6 Å². The lowest BCUT2D eigenvalue weighted by atomic mass is 10.1. The van der Waals surface area contributed by atoms with Crippen molar-refractivity contribution in [3.63, 3.8) is 0 Å². The maximum Gasteiger partial charge on any atom is 0.191 e. The zero-order valence-corrected chi connectivity index (χ0v) is 14.0. The average Bonchev–Trinajstić information content (AvgIpc) is 3.30. The summed E-state index contributed by atoms with van der Waals surface area (Å²) in [5, 5.41) is 7.03. The van der Waals surface area contributed by atoms with E-state index in [1.807, 2.05) is 0 Å². The third kappa shape index (κ3) is 6.68. The molecule has 2 N–H and O–H groups in total. The molecule has 4 heteroatoms. The summed E-state index contributed by atoms with van der Waals surface area (Å²) in [5.41, 5.74) is 0. The molecule has 1 saturated heterocycles. The van der Waals surface area contributed by atoms with Gasteiger partial charge in [0.15, 0.2) is 5.96 Å². The van der Waals surface area contributed by atoms with Crippen molar-refractivity contribution in [3.05, 3.63) is 0 Å². The number of piperidine rings is 1. The Morgan fingerprint density at radius 3 is 2.52 bits per heavy atom. The average molecular weight is 294 g/mol. The van der Waals surface area contributed by atoms with Gasteiger partial charge < -0.3 is 15.5 Å². The van der Waals surface area contributed by atoms with Crippen molar-refractivity contribution < 1.29 is 0 Å². The van der Waals surface area contributed by atoms with Gasteiger partial charge in [-0.25, -0.2) is 0 Å². The minimum Gasteiger partial charge on any atom is -0.357 e. The van der Waals surface area contributed by atoms with Crippen LogP contribution in [0.3, 0.4) is 0 Å². The van der Waals surface area contributed by atoms with Crippen molar-refractivity contribution in [2.24, 2.45) is 10.9 Å². The maximum atomic E-state index is 4.74. The standard InChI is InChI=1S/C17H34N4/c1-3-12-21-13-9-16(10-14-21)20-17(18-4-2)19-11-5-6-15-7-8-15/h15-16H,3-14H2,1-2H3,(H2,18,19,20). The molecule has 1 aliphatic carbocycles. The van der Waals surface area contributed by atoms with E-state index in [1.54, 1.807) is 0 Å². The highest BCUT2D eigenvalue weighted by molar-refractivity contribution is 5.80. The molecule has 0 bridgehead atoms. The number of nitrogens with one attached hydrogen (secondary N) is 2. The first kappa shape index (κ1) is 16.6. The fourth-order valence-electron chi connectivity index (χ4n) is 3.11. The van der Waals surface area contributed by atoms with Crippen LogP contribution in [0.15, 0.2) is 4.99 Å². The van der Waals surface area contributed by atoms with Gasteiger partial charge in [-0.3, -0.25) is 4.99 Å². The summed E-state index contributed by atoms with van der Waals surface area (Å²) >= 11 is 0. The normalized spacial score (nSPS) is 21.5. The van der Waals surface area contributed by atoms with Crippen molar-refractivity contribution in [1.29, 1.82) is 0 Å². The van der Waals surface area contributed by atoms with Crippen LogP contribution in [0.25, 0.3) is 0 Å². The first-order valence-electron chi connectivity index (χ1n) is 9.09. The van der Waals surface area contributed by atoms with Crippen LogP contribution in [0.4, 0.5) is 0 Å². The Morgan fingerprint density at radius 1 is 1.14 bits per heavy atom. The molecule has 2 aliphatic rings. The molecule has 0 radical (unpaired) electrons. The minimum absolute atomic E-state index is 0.597. The lowest BCUT2D eigenvalue weighted by Crippen LogP contribution is -2.48. The van der Waals surface area contributed by atoms with Gasteiger partial charge >= 0.3 is 0 Å². The second-order valence-electron chi connectivity index (χ2n) is 6.61. The van der Waals surface area contributed by atoms with E-state index < -0.39 is 0 Å². The van der Waals surface area contributed by atoms with Crippen LogP contribution in [0.5, 0.6) is 0 Å². The molecule has 0 atom stereocenters. The monoisotopic (exact) mass is 294 g/mol. The molecule has 0 aromatic carbocycles. The number of hydrogen-bond donors (Lipinski definition) is 2. The van der Waals surface area contributed by atoms with Crippen molar-refractivity contribution in [1.82, 2.24) is 15.5 Å². The highest BCUT2D eigenvalue weighted by Crippen LogP contribution is 2.33. The van der Waals surface area contributed by atoms with Gasteiger partial charge in [-0.1, -0.05) is 19.8 Å². The number of likely N-dealkylation sites (tertiary alicyclic amines) is 1. The fourth-order valence-corrected chi connectivity index (χ4v) is 3.11. The lowest BCUT2D eigenvalue weighted by Gasteiger charge is -2.32. The predicted octanol–water partition coefficient (Wildman–Crippen LogP) is 2.61. The molecule has 2 rings (SSSR count). The number of hydrogen-bond acceptors (Lipinski definition) is 2. The first-order chi connectivity index (χ1) is 10.3. The van der Waals surface area contributed by atoms with E-state index >= 15 is 0 Å².